The van der Waals surface area contributed by atoms with Crippen LogP contribution in [0, 0.1) is 0 Å². The highest BCUT2D eigenvalue weighted by atomic mass is 127. The first-order chi connectivity index (χ1) is 3.66. The van der Waals surface area contributed by atoms with E-state index >= 15 is 0 Å². The second-order valence-electron chi connectivity index (χ2n) is 1.20. The van der Waals surface area contributed by atoms with Gasteiger partial charge in [-0.25, -0.2) is 0 Å². The van der Waals surface area contributed by atoms with Crippen molar-refractivity contribution in [2.75, 3.05) is 4.43 Å². The van der Waals surface area contributed by atoms with Crippen LogP contribution in [-0.4, -0.2) is 14.0 Å². The largest absolute Gasteiger partial charge is 0.298 e. The molecule has 0 fully saturated rings. The summed E-state index contributed by atoms with van der Waals surface area (Å²) in [7, 11) is 0. The number of carbonyl (C=O) groups excluding carboxylic acids is 2. The lowest BCUT2D eigenvalue weighted by Crippen LogP contribution is -2.01. The predicted octanol–water partition coefficient (Wildman–Crippen LogP) is 1.34. The third-order valence-electron chi connectivity index (χ3n) is 0.485. The summed E-state index contributed by atoms with van der Waals surface area (Å²) < 4.78 is 0.358. The van der Waals surface area contributed by atoms with Gasteiger partial charge in [-0.15, -0.1) is 0 Å². The minimum Gasteiger partial charge on any atom is -0.298 e. The van der Waals surface area contributed by atoms with Crippen LogP contribution in [0.25, 0.3) is 0 Å². The van der Waals surface area contributed by atoms with Gasteiger partial charge >= 0.3 is 0 Å². The van der Waals surface area contributed by atoms with Crippen LogP contribution in [0.5, 0.6) is 0 Å². The zero-order valence-electron chi connectivity index (χ0n) is 3.99. The molecular formula is C4H4I2O2. The van der Waals surface area contributed by atoms with Crippen molar-refractivity contribution in [2.45, 2.75) is 6.42 Å². The molecule has 0 aromatic heterocycles. The first-order valence-corrected chi connectivity index (χ1v) is 4.53. The standard InChI is InChI=1S/C4H4I2O2/c5-2-3(7)1-4(6)8/h1-2H2. The van der Waals surface area contributed by atoms with Crippen molar-refractivity contribution in [1.82, 2.24) is 0 Å². The number of rotatable bonds is 3. The molecule has 0 saturated heterocycles. The van der Waals surface area contributed by atoms with Gasteiger partial charge in [-0.3, -0.25) is 9.59 Å². The summed E-state index contributed by atoms with van der Waals surface area (Å²) in [6, 6.07) is 0. The molecule has 0 atom stereocenters. The maximum atomic E-state index is 10.4. The van der Waals surface area contributed by atoms with Crippen molar-refractivity contribution in [3.8, 4) is 0 Å². The highest BCUT2D eigenvalue weighted by Gasteiger charge is 2.02. The van der Waals surface area contributed by atoms with Gasteiger partial charge in [0.05, 0.1) is 10.8 Å². The number of carbonyl (C=O) groups is 2. The maximum absolute atomic E-state index is 10.4. The van der Waals surface area contributed by atoms with Gasteiger partial charge in [0.15, 0.2) is 9.57 Å². The van der Waals surface area contributed by atoms with Gasteiger partial charge in [-0.1, -0.05) is 22.6 Å². The fourth-order valence-electron chi connectivity index (χ4n) is 0.202. The van der Waals surface area contributed by atoms with Crippen molar-refractivity contribution < 1.29 is 9.59 Å². The summed E-state index contributed by atoms with van der Waals surface area (Å²) in [4.78, 5) is 20.6. The normalized spacial score (nSPS) is 8.75. The Labute approximate surface area is 74.7 Å². The van der Waals surface area contributed by atoms with Gasteiger partial charge in [-0.05, 0) is 0 Å². The van der Waals surface area contributed by atoms with E-state index in [-0.39, 0.29) is 16.0 Å². The molecule has 46 valence electrons. The Morgan fingerprint density at radius 3 is 2.00 bits per heavy atom. The first-order valence-electron chi connectivity index (χ1n) is 1.93. The van der Waals surface area contributed by atoms with Crippen LogP contribution in [-0.2, 0) is 9.59 Å². The molecular weight excluding hydrogens is 334 g/mol. The van der Waals surface area contributed by atoms with Crippen LogP contribution in [0.15, 0.2) is 0 Å². The molecule has 0 rings (SSSR count). The van der Waals surface area contributed by atoms with Gasteiger partial charge in [0.2, 0.25) is 0 Å². The van der Waals surface area contributed by atoms with Gasteiger partial charge in [-0.2, -0.15) is 0 Å². The van der Waals surface area contributed by atoms with Crippen LogP contribution in [0.4, 0.5) is 0 Å². The van der Waals surface area contributed by atoms with Gasteiger partial charge in [0.1, 0.15) is 0 Å². The smallest absolute Gasteiger partial charge is 0.199 e. The number of halogens is 2. The predicted molar refractivity (Wildman–Crippen MR) is 47.5 cm³/mol. The zero-order chi connectivity index (χ0) is 6.57. The highest BCUT2D eigenvalue weighted by Crippen LogP contribution is 1.95. The average Bonchev–Trinajstić information content (AvgIpc) is 1.65. The number of ketones is 1. The minimum atomic E-state index is -0.0794. The third-order valence-corrected chi connectivity index (χ3v) is 1.72. The van der Waals surface area contributed by atoms with Gasteiger partial charge in [0.25, 0.3) is 0 Å². The van der Waals surface area contributed by atoms with Crippen LogP contribution in [0.1, 0.15) is 6.42 Å². The molecule has 0 N–H and O–H groups in total. The van der Waals surface area contributed by atoms with E-state index < -0.39 is 0 Å². The van der Waals surface area contributed by atoms with Crippen molar-refractivity contribution >= 4 is 54.8 Å². The molecule has 0 radical (unpaired) electrons. The molecule has 0 saturated carbocycles. The second-order valence-corrected chi connectivity index (χ2v) is 3.17. The Balaban J connectivity index is 3.40. The lowest BCUT2D eigenvalue weighted by Gasteiger charge is -1.85. The van der Waals surface area contributed by atoms with E-state index in [4.69, 9.17) is 0 Å². The van der Waals surface area contributed by atoms with E-state index in [9.17, 15) is 9.59 Å². The van der Waals surface area contributed by atoms with E-state index in [1.807, 2.05) is 22.6 Å². The molecule has 0 heterocycles. The summed E-state index contributed by atoms with van der Waals surface area (Å²) in [5.41, 5.74) is 0. The highest BCUT2D eigenvalue weighted by molar-refractivity contribution is 14.1. The average molecular weight is 338 g/mol. The molecule has 0 aromatic rings. The van der Waals surface area contributed by atoms with Gasteiger partial charge < -0.3 is 0 Å². The number of hydrogen-bond acceptors (Lipinski definition) is 2. The molecule has 4 heteroatoms. The Kier molecular flexibility index (Phi) is 5.12. The molecule has 0 amide bonds. The lowest BCUT2D eigenvalue weighted by molar-refractivity contribution is -0.120. The summed E-state index contributed by atoms with van der Waals surface area (Å²) in [5.74, 6) is 0.00463. The summed E-state index contributed by atoms with van der Waals surface area (Å²) >= 11 is 3.56. The van der Waals surface area contributed by atoms with Crippen molar-refractivity contribution in [3.63, 3.8) is 0 Å². The molecule has 0 aliphatic carbocycles. The van der Waals surface area contributed by atoms with E-state index in [1.54, 1.807) is 22.6 Å². The van der Waals surface area contributed by atoms with E-state index in [0.29, 0.717) is 4.43 Å². The second kappa shape index (κ2) is 4.66. The minimum absolute atomic E-state index is 0.00463. The molecule has 0 aromatic carbocycles. The SMILES string of the molecule is O=C(I)CC(=O)CI. The summed E-state index contributed by atoms with van der Waals surface area (Å²) in [6.07, 6.45) is 0.0868. The van der Waals surface area contributed by atoms with Crippen molar-refractivity contribution in [2.24, 2.45) is 0 Å². The van der Waals surface area contributed by atoms with Crippen molar-refractivity contribution in [3.05, 3.63) is 0 Å². The topological polar surface area (TPSA) is 34.1 Å². The maximum Gasteiger partial charge on any atom is 0.199 e. The monoisotopic (exact) mass is 338 g/mol. The molecule has 8 heavy (non-hydrogen) atoms. The number of hydrogen-bond donors (Lipinski definition) is 0. The molecule has 0 bridgehead atoms. The number of alkyl halides is 1. The van der Waals surface area contributed by atoms with Crippen molar-refractivity contribution in [1.29, 1.82) is 0 Å². The Bertz CT molecular complexity index is 111. The van der Waals surface area contributed by atoms with Gasteiger partial charge in [0, 0.05) is 22.6 Å². The third kappa shape index (κ3) is 4.95. The Morgan fingerprint density at radius 2 is 1.88 bits per heavy atom. The Morgan fingerprint density at radius 1 is 1.38 bits per heavy atom. The fraction of sp³-hybridized carbons (Fsp3) is 0.500. The van der Waals surface area contributed by atoms with Crippen LogP contribution < -0.4 is 0 Å². The van der Waals surface area contributed by atoms with E-state index in [0.717, 1.165) is 0 Å². The summed E-state index contributed by atoms with van der Waals surface area (Å²) in [6.45, 7) is 0. The van der Waals surface area contributed by atoms with Crippen LogP contribution in [0.3, 0.4) is 0 Å². The van der Waals surface area contributed by atoms with E-state index in [1.165, 1.54) is 0 Å². The molecule has 0 aliphatic rings. The molecule has 0 spiro atoms. The summed E-state index contributed by atoms with van der Waals surface area (Å²) in [5, 5.41) is 0. The molecule has 0 unspecified atom stereocenters. The zero-order valence-corrected chi connectivity index (χ0v) is 8.30. The fourth-order valence-corrected chi connectivity index (χ4v) is 0.897. The molecule has 0 aliphatic heterocycles. The Hall–Kier alpha value is 0.800. The van der Waals surface area contributed by atoms with Crippen LogP contribution in [0.2, 0.25) is 0 Å². The quantitative estimate of drug-likeness (QED) is 0.337. The lowest BCUT2D eigenvalue weighted by atomic mass is 10.3. The van der Waals surface area contributed by atoms with Crippen LogP contribution >= 0.6 is 45.2 Å². The van der Waals surface area contributed by atoms with E-state index in [2.05, 4.69) is 0 Å². The number of Topliss-reactive ketones (excluding diaryl/α,β-unsaturated/α-hetero) is 1. The molecule has 2 nitrogen and oxygen atoms in total. The first kappa shape index (κ1) is 8.80.